The number of carboxylic acid groups (broad SMARTS) is 1. The van der Waals surface area contributed by atoms with Crippen LogP contribution in [0.5, 0.6) is 0 Å². The second-order valence-electron chi connectivity index (χ2n) is 3.59. The number of carbonyl (C=O) groups is 1. The van der Waals surface area contributed by atoms with E-state index in [9.17, 15) is 4.79 Å². The lowest BCUT2D eigenvalue weighted by molar-refractivity contribution is -0.133. The highest BCUT2D eigenvalue weighted by molar-refractivity contribution is 5.89. The van der Waals surface area contributed by atoms with Gasteiger partial charge in [-0.2, -0.15) is 0 Å². The molecular weight excluding hydrogens is 142 g/mol. The molecule has 3 N–H and O–H groups in total. The van der Waals surface area contributed by atoms with Gasteiger partial charge in [0.05, 0.1) is 5.57 Å². The summed E-state index contributed by atoms with van der Waals surface area (Å²) in [7, 11) is 0. The molecule has 0 fully saturated rings. The summed E-state index contributed by atoms with van der Waals surface area (Å²) < 4.78 is 0. The Kier molecular flexibility index (Phi) is 1.66. The molecule has 11 heavy (non-hydrogen) atoms. The van der Waals surface area contributed by atoms with E-state index in [1.165, 1.54) is 0 Å². The summed E-state index contributed by atoms with van der Waals surface area (Å²) in [4.78, 5) is 10.7. The molecule has 0 saturated heterocycles. The van der Waals surface area contributed by atoms with Crippen LogP contribution in [0.3, 0.4) is 0 Å². The van der Waals surface area contributed by atoms with E-state index in [4.69, 9.17) is 10.8 Å². The molecule has 0 heterocycles. The van der Waals surface area contributed by atoms with Gasteiger partial charge in [0.2, 0.25) is 0 Å². The van der Waals surface area contributed by atoms with Crippen LogP contribution in [0, 0.1) is 5.41 Å². The summed E-state index contributed by atoms with van der Waals surface area (Å²) in [6.07, 6.45) is 1.56. The number of nitrogens with two attached hydrogens (primary N) is 1. The van der Waals surface area contributed by atoms with E-state index in [1.54, 1.807) is 0 Å². The van der Waals surface area contributed by atoms with Crippen LogP contribution in [-0.2, 0) is 4.79 Å². The first-order valence-electron chi connectivity index (χ1n) is 3.67. The maximum atomic E-state index is 10.7. The van der Waals surface area contributed by atoms with E-state index in [0.29, 0.717) is 17.7 Å². The van der Waals surface area contributed by atoms with Gasteiger partial charge in [-0.15, -0.1) is 0 Å². The summed E-state index contributed by atoms with van der Waals surface area (Å²) in [5.74, 6) is -0.870. The number of hydrogen-bond donors (Lipinski definition) is 2. The van der Waals surface area contributed by atoms with Gasteiger partial charge in [0.25, 0.3) is 0 Å². The molecule has 0 unspecified atom stereocenters. The van der Waals surface area contributed by atoms with E-state index in [1.807, 2.05) is 13.8 Å². The first kappa shape index (κ1) is 8.11. The zero-order valence-electron chi connectivity index (χ0n) is 6.85. The third-order valence-corrected chi connectivity index (χ3v) is 2.23. The Hall–Kier alpha value is -0.990. The predicted molar refractivity (Wildman–Crippen MR) is 41.9 cm³/mol. The fourth-order valence-corrected chi connectivity index (χ4v) is 1.56. The SMILES string of the molecule is CC1(C)CCC(N)=C1C(=O)O. The van der Waals surface area contributed by atoms with Crippen LogP contribution in [-0.4, -0.2) is 11.1 Å². The molecule has 0 aliphatic heterocycles. The molecule has 1 rings (SSSR count). The van der Waals surface area contributed by atoms with Gasteiger partial charge >= 0.3 is 5.97 Å². The molecule has 3 nitrogen and oxygen atoms in total. The zero-order chi connectivity index (χ0) is 8.65. The van der Waals surface area contributed by atoms with Crippen molar-refractivity contribution in [3.8, 4) is 0 Å². The van der Waals surface area contributed by atoms with Crippen molar-refractivity contribution in [3.63, 3.8) is 0 Å². The Labute approximate surface area is 65.9 Å². The molecule has 0 saturated carbocycles. The Bertz CT molecular complexity index is 228. The maximum Gasteiger partial charge on any atom is 0.333 e. The average molecular weight is 155 g/mol. The highest BCUT2D eigenvalue weighted by atomic mass is 16.4. The van der Waals surface area contributed by atoms with Crippen molar-refractivity contribution in [2.24, 2.45) is 11.1 Å². The Morgan fingerprint density at radius 3 is 2.36 bits per heavy atom. The number of rotatable bonds is 1. The van der Waals surface area contributed by atoms with E-state index >= 15 is 0 Å². The van der Waals surface area contributed by atoms with Gasteiger partial charge in [-0.1, -0.05) is 13.8 Å². The average Bonchev–Trinajstić information content (AvgIpc) is 2.06. The van der Waals surface area contributed by atoms with Crippen molar-refractivity contribution >= 4 is 5.97 Å². The number of hydrogen-bond acceptors (Lipinski definition) is 2. The fraction of sp³-hybridized carbons (Fsp3) is 0.625. The molecule has 0 radical (unpaired) electrons. The van der Waals surface area contributed by atoms with Crippen molar-refractivity contribution in [2.45, 2.75) is 26.7 Å². The molecule has 0 amide bonds. The van der Waals surface area contributed by atoms with Gasteiger partial charge < -0.3 is 10.8 Å². The first-order valence-corrected chi connectivity index (χ1v) is 3.67. The lowest BCUT2D eigenvalue weighted by atomic mass is 9.86. The molecule has 62 valence electrons. The molecular formula is C8H13NO2. The van der Waals surface area contributed by atoms with Crippen molar-refractivity contribution in [1.82, 2.24) is 0 Å². The second-order valence-corrected chi connectivity index (χ2v) is 3.59. The molecule has 0 atom stereocenters. The van der Waals surface area contributed by atoms with Crippen molar-refractivity contribution < 1.29 is 9.90 Å². The fourth-order valence-electron chi connectivity index (χ4n) is 1.56. The van der Waals surface area contributed by atoms with Crippen LogP contribution in [0.4, 0.5) is 0 Å². The maximum absolute atomic E-state index is 10.7. The molecule has 1 aliphatic carbocycles. The third-order valence-electron chi connectivity index (χ3n) is 2.23. The minimum absolute atomic E-state index is 0.240. The summed E-state index contributed by atoms with van der Waals surface area (Å²) >= 11 is 0. The molecule has 0 spiro atoms. The standard InChI is InChI=1S/C8H13NO2/c1-8(2)4-3-5(9)6(8)7(10)11/h3-4,9H2,1-2H3,(H,10,11). The third kappa shape index (κ3) is 1.23. The minimum atomic E-state index is -0.870. The van der Waals surface area contributed by atoms with Crippen molar-refractivity contribution in [2.75, 3.05) is 0 Å². The second kappa shape index (κ2) is 2.26. The number of aliphatic carboxylic acids is 1. The normalized spacial score (nSPS) is 22.4. The smallest absolute Gasteiger partial charge is 0.333 e. The summed E-state index contributed by atoms with van der Waals surface area (Å²) in [5.41, 5.74) is 6.26. The first-order chi connectivity index (χ1) is 4.95. The Balaban J connectivity index is 3.04. The molecule has 3 heteroatoms. The molecule has 0 aromatic heterocycles. The van der Waals surface area contributed by atoms with Gasteiger partial charge in [-0.3, -0.25) is 0 Å². The van der Waals surface area contributed by atoms with Crippen LogP contribution in [0.25, 0.3) is 0 Å². The summed E-state index contributed by atoms with van der Waals surface area (Å²) in [6.45, 7) is 3.83. The highest BCUT2D eigenvalue weighted by Gasteiger charge is 2.35. The van der Waals surface area contributed by atoms with Gasteiger partial charge in [0, 0.05) is 5.70 Å². The summed E-state index contributed by atoms with van der Waals surface area (Å²) in [6, 6.07) is 0. The van der Waals surface area contributed by atoms with Crippen molar-refractivity contribution in [1.29, 1.82) is 0 Å². The topological polar surface area (TPSA) is 63.3 Å². The molecule has 1 aliphatic rings. The number of carboxylic acids is 1. The molecule has 0 aromatic carbocycles. The van der Waals surface area contributed by atoms with E-state index in [2.05, 4.69) is 0 Å². The van der Waals surface area contributed by atoms with Crippen LogP contribution in [0.15, 0.2) is 11.3 Å². The monoisotopic (exact) mass is 155 g/mol. The van der Waals surface area contributed by atoms with Gasteiger partial charge in [-0.05, 0) is 18.3 Å². The lowest BCUT2D eigenvalue weighted by Gasteiger charge is -2.18. The lowest BCUT2D eigenvalue weighted by Crippen LogP contribution is -2.18. The van der Waals surface area contributed by atoms with E-state index in [-0.39, 0.29) is 5.41 Å². The minimum Gasteiger partial charge on any atom is -0.478 e. The van der Waals surface area contributed by atoms with Crippen LogP contribution < -0.4 is 5.73 Å². The Morgan fingerprint density at radius 1 is 1.64 bits per heavy atom. The Morgan fingerprint density at radius 2 is 2.18 bits per heavy atom. The van der Waals surface area contributed by atoms with E-state index < -0.39 is 5.97 Å². The predicted octanol–water partition coefficient (Wildman–Crippen LogP) is 1.10. The molecule has 0 bridgehead atoms. The van der Waals surface area contributed by atoms with Gasteiger partial charge in [0.1, 0.15) is 0 Å². The van der Waals surface area contributed by atoms with E-state index in [0.717, 1.165) is 6.42 Å². The largest absolute Gasteiger partial charge is 0.478 e. The van der Waals surface area contributed by atoms with Gasteiger partial charge in [-0.25, -0.2) is 4.79 Å². The van der Waals surface area contributed by atoms with Gasteiger partial charge in [0.15, 0.2) is 0 Å². The summed E-state index contributed by atoms with van der Waals surface area (Å²) in [5, 5.41) is 8.78. The number of allylic oxidation sites excluding steroid dienone is 1. The zero-order valence-corrected chi connectivity index (χ0v) is 6.85. The van der Waals surface area contributed by atoms with Crippen LogP contribution in [0.2, 0.25) is 0 Å². The van der Waals surface area contributed by atoms with Crippen molar-refractivity contribution in [3.05, 3.63) is 11.3 Å². The highest BCUT2D eigenvalue weighted by Crippen LogP contribution is 2.40. The molecule has 0 aromatic rings. The van der Waals surface area contributed by atoms with Crippen LogP contribution in [0.1, 0.15) is 26.7 Å². The van der Waals surface area contributed by atoms with Crippen LogP contribution >= 0.6 is 0 Å². The quantitative estimate of drug-likeness (QED) is 0.596.